The average molecular weight is 539 g/mol. The second-order valence-corrected chi connectivity index (χ2v) is 10.3. The molecular formula is C19H13BrClN5O3S2. The number of amides is 2. The van der Waals surface area contributed by atoms with Crippen LogP contribution in [0.5, 0.6) is 0 Å². The Bertz CT molecular complexity index is 1390. The van der Waals surface area contributed by atoms with Crippen LogP contribution in [0.1, 0.15) is 5.82 Å². The van der Waals surface area contributed by atoms with E-state index in [0.717, 1.165) is 15.8 Å². The third-order valence-electron chi connectivity index (χ3n) is 4.15. The molecule has 0 aliphatic rings. The summed E-state index contributed by atoms with van der Waals surface area (Å²) >= 11 is 10.3. The molecule has 158 valence electrons. The SMILES string of the molecule is Cc1nc2ccc(Br)cc2c(=O)n1-c1ccc(NC(=O)NS(=O)c2ccc(Cl)s2)cn1. The monoisotopic (exact) mass is 537 g/mol. The first-order valence-electron chi connectivity index (χ1n) is 8.72. The summed E-state index contributed by atoms with van der Waals surface area (Å²) in [5.74, 6) is 0.843. The van der Waals surface area contributed by atoms with Gasteiger partial charge in [-0.15, -0.1) is 11.3 Å². The molecule has 0 aliphatic heterocycles. The van der Waals surface area contributed by atoms with E-state index in [9.17, 15) is 13.8 Å². The van der Waals surface area contributed by atoms with Crippen LogP contribution in [0.25, 0.3) is 16.7 Å². The molecule has 0 aliphatic carbocycles. The van der Waals surface area contributed by atoms with Gasteiger partial charge in [0.05, 0.1) is 27.1 Å². The number of carbonyl (C=O) groups excluding carboxylic acids is 1. The summed E-state index contributed by atoms with van der Waals surface area (Å²) in [7, 11) is -1.73. The van der Waals surface area contributed by atoms with Crippen molar-refractivity contribution >= 4 is 72.5 Å². The second-order valence-electron chi connectivity index (χ2n) is 6.25. The summed E-state index contributed by atoms with van der Waals surface area (Å²) < 4.78 is 17.5. The Kier molecular flexibility index (Phi) is 6.19. The zero-order chi connectivity index (χ0) is 22.1. The largest absolute Gasteiger partial charge is 0.331 e. The number of aryl methyl sites for hydroxylation is 1. The molecule has 0 fully saturated rings. The lowest BCUT2D eigenvalue weighted by molar-refractivity contribution is 0.257. The molecule has 12 heteroatoms. The predicted molar refractivity (Wildman–Crippen MR) is 125 cm³/mol. The summed E-state index contributed by atoms with van der Waals surface area (Å²) in [5.41, 5.74) is 0.710. The molecule has 1 aromatic carbocycles. The first-order valence-corrected chi connectivity index (χ1v) is 11.9. The van der Waals surface area contributed by atoms with Crippen LogP contribution in [0.3, 0.4) is 0 Å². The van der Waals surface area contributed by atoms with Crippen molar-refractivity contribution in [2.45, 2.75) is 11.1 Å². The number of halogens is 2. The Morgan fingerprint density at radius 3 is 2.71 bits per heavy atom. The number of hydrogen-bond acceptors (Lipinski definition) is 6. The van der Waals surface area contributed by atoms with Gasteiger partial charge in [0.2, 0.25) is 0 Å². The van der Waals surface area contributed by atoms with Crippen LogP contribution in [0.15, 0.2) is 62.1 Å². The molecule has 2 amide bonds. The van der Waals surface area contributed by atoms with E-state index >= 15 is 0 Å². The zero-order valence-electron chi connectivity index (χ0n) is 15.8. The molecule has 4 aromatic rings. The molecule has 3 heterocycles. The van der Waals surface area contributed by atoms with Crippen molar-refractivity contribution < 1.29 is 9.00 Å². The van der Waals surface area contributed by atoms with E-state index in [2.05, 4.69) is 35.9 Å². The van der Waals surface area contributed by atoms with Crippen molar-refractivity contribution in [3.63, 3.8) is 0 Å². The number of pyridine rings is 1. The Morgan fingerprint density at radius 2 is 2.03 bits per heavy atom. The van der Waals surface area contributed by atoms with Gasteiger partial charge in [0.1, 0.15) is 15.9 Å². The van der Waals surface area contributed by atoms with E-state index in [1.165, 1.54) is 10.8 Å². The van der Waals surface area contributed by atoms with E-state index in [-0.39, 0.29) is 5.56 Å². The van der Waals surface area contributed by atoms with Gasteiger partial charge in [0.25, 0.3) is 5.56 Å². The van der Waals surface area contributed by atoms with Crippen molar-refractivity contribution in [3.8, 4) is 5.82 Å². The van der Waals surface area contributed by atoms with E-state index in [4.69, 9.17) is 11.6 Å². The number of fused-ring (bicyclic) bond motifs is 1. The highest BCUT2D eigenvalue weighted by Gasteiger charge is 2.13. The maximum atomic E-state index is 13.0. The molecule has 1 atom stereocenters. The Hall–Kier alpha value is -2.60. The van der Waals surface area contributed by atoms with Gasteiger partial charge in [0.15, 0.2) is 11.0 Å². The molecule has 0 radical (unpaired) electrons. The number of thiophene rings is 1. The van der Waals surface area contributed by atoms with Crippen LogP contribution < -0.4 is 15.6 Å². The highest BCUT2D eigenvalue weighted by atomic mass is 79.9. The second kappa shape index (κ2) is 8.87. The number of carbonyl (C=O) groups is 1. The maximum absolute atomic E-state index is 13.0. The topological polar surface area (TPSA) is 106 Å². The predicted octanol–water partition coefficient (Wildman–Crippen LogP) is 4.41. The summed E-state index contributed by atoms with van der Waals surface area (Å²) in [6.45, 7) is 1.72. The number of nitrogens with one attached hydrogen (secondary N) is 2. The van der Waals surface area contributed by atoms with Crippen molar-refractivity contribution in [2.24, 2.45) is 0 Å². The highest BCUT2D eigenvalue weighted by Crippen LogP contribution is 2.23. The number of urea groups is 1. The van der Waals surface area contributed by atoms with Crippen LogP contribution in [-0.4, -0.2) is 24.8 Å². The molecule has 8 nitrogen and oxygen atoms in total. The summed E-state index contributed by atoms with van der Waals surface area (Å²) in [4.78, 5) is 33.8. The van der Waals surface area contributed by atoms with E-state index in [0.29, 0.717) is 36.8 Å². The number of rotatable bonds is 4. The lowest BCUT2D eigenvalue weighted by Crippen LogP contribution is -2.30. The molecule has 3 aromatic heterocycles. The standard InChI is InChI=1S/C19H13BrClN5O3S2/c1-10-23-14-4-2-11(20)8-13(14)18(27)26(10)16-6-3-12(9-22-16)24-19(28)25-31(29)17-7-5-15(21)30-17/h2-9H,1H3,(H2,24,25,28). The van der Waals surface area contributed by atoms with Crippen LogP contribution in [0, 0.1) is 6.92 Å². The number of nitrogens with zero attached hydrogens (tertiary/aromatic N) is 3. The van der Waals surface area contributed by atoms with Crippen LogP contribution in [0.4, 0.5) is 10.5 Å². The van der Waals surface area contributed by atoms with E-state index in [1.54, 1.807) is 43.3 Å². The third kappa shape index (κ3) is 4.69. The molecule has 31 heavy (non-hydrogen) atoms. The minimum atomic E-state index is -1.73. The molecule has 4 rings (SSSR count). The van der Waals surface area contributed by atoms with Crippen LogP contribution in [-0.2, 0) is 11.0 Å². The molecule has 0 bridgehead atoms. The molecule has 0 spiro atoms. The van der Waals surface area contributed by atoms with Crippen molar-refractivity contribution in [1.29, 1.82) is 0 Å². The fraction of sp³-hybridized carbons (Fsp3) is 0.0526. The fourth-order valence-electron chi connectivity index (χ4n) is 2.82. The lowest BCUT2D eigenvalue weighted by Gasteiger charge is -2.11. The number of aromatic nitrogens is 3. The quantitative estimate of drug-likeness (QED) is 0.400. The normalized spacial score (nSPS) is 12.0. The number of hydrogen-bond donors (Lipinski definition) is 2. The zero-order valence-corrected chi connectivity index (χ0v) is 19.7. The van der Waals surface area contributed by atoms with Crippen molar-refractivity contribution in [1.82, 2.24) is 19.3 Å². The first-order chi connectivity index (χ1) is 14.8. The van der Waals surface area contributed by atoms with Crippen molar-refractivity contribution in [3.05, 3.63) is 73.6 Å². The molecule has 2 N–H and O–H groups in total. The Balaban J connectivity index is 1.54. The number of benzene rings is 1. The van der Waals surface area contributed by atoms with Gasteiger partial charge in [-0.3, -0.25) is 9.52 Å². The van der Waals surface area contributed by atoms with Gasteiger partial charge in [-0.2, -0.15) is 0 Å². The fourth-order valence-corrected chi connectivity index (χ4v) is 5.30. The average Bonchev–Trinajstić information content (AvgIpc) is 3.16. The van der Waals surface area contributed by atoms with Crippen LogP contribution >= 0.6 is 38.9 Å². The maximum Gasteiger partial charge on any atom is 0.331 e. The summed E-state index contributed by atoms with van der Waals surface area (Å²) in [6, 6.07) is 11.0. The lowest BCUT2D eigenvalue weighted by atomic mass is 10.2. The van der Waals surface area contributed by atoms with E-state index < -0.39 is 17.0 Å². The molecule has 0 saturated heterocycles. The van der Waals surface area contributed by atoms with Crippen molar-refractivity contribution in [2.75, 3.05) is 5.32 Å². The molecule has 0 saturated carbocycles. The number of anilines is 1. The molecular weight excluding hydrogens is 526 g/mol. The minimum Gasteiger partial charge on any atom is -0.306 e. The van der Waals surface area contributed by atoms with Gasteiger partial charge >= 0.3 is 6.03 Å². The van der Waals surface area contributed by atoms with E-state index in [1.807, 2.05) is 6.07 Å². The minimum absolute atomic E-state index is 0.250. The van der Waals surface area contributed by atoms with Gasteiger partial charge in [0, 0.05) is 4.47 Å². The summed E-state index contributed by atoms with van der Waals surface area (Å²) in [6.07, 6.45) is 1.40. The van der Waals surface area contributed by atoms with Gasteiger partial charge in [-0.05, 0) is 49.4 Å². The van der Waals surface area contributed by atoms with Gasteiger partial charge in [-0.25, -0.2) is 23.5 Å². The molecule has 1 unspecified atom stereocenters. The van der Waals surface area contributed by atoms with Gasteiger partial charge in [-0.1, -0.05) is 27.5 Å². The van der Waals surface area contributed by atoms with Gasteiger partial charge < -0.3 is 5.32 Å². The Labute approximate surface area is 196 Å². The smallest absolute Gasteiger partial charge is 0.306 e. The third-order valence-corrected chi connectivity index (χ3v) is 7.24. The first kappa shape index (κ1) is 21.6. The van der Waals surface area contributed by atoms with Crippen LogP contribution in [0.2, 0.25) is 4.34 Å². The summed E-state index contributed by atoms with van der Waals surface area (Å²) in [5, 5.41) is 3.01. The Morgan fingerprint density at radius 1 is 1.23 bits per heavy atom. The highest BCUT2D eigenvalue weighted by molar-refractivity contribution is 9.10.